The first-order valence-electron chi connectivity index (χ1n) is 6.86. The van der Waals surface area contributed by atoms with E-state index in [9.17, 15) is 10.2 Å². The molecule has 1 unspecified atom stereocenters. The van der Waals surface area contributed by atoms with Crippen molar-refractivity contribution in [1.29, 1.82) is 0 Å². The van der Waals surface area contributed by atoms with Gasteiger partial charge in [0, 0.05) is 0 Å². The van der Waals surface area contributed by atoms with Crippen molar-refractivity contribution in [3.63, 3.8) is 0 Å². The highest BCUT2D eigenvalue weighted by atomic mass is 28.3. The number of aliphatic hydroxyl groups is 2. The predicted octanol–water partition coefficient (Wildman–Crippen LogP) is 0.965. The van der Waals surface area contributed by atoms with Gasteiger partial charge in [0.1, 0.15) is 0 Å². The molecule has 5 N–H and O–H groups in total. The Kier molecular flexibility index (Phi) is 9.44. The molecular weight excluding hydrogens is 263 g/mol. The Morgan fingerprint density at radius 1 is 0.842 bits per heavy atom. The zero-order valence-corrected chi connectivity index (χ0v) is 14.1. The van der Waals surface area contributed by atoms with Crippen LogP contribution < -0.4 is 0 Å². The van der Waals surface area contributed by atoms with Gasteiger partial charge in [-0.15, -0.1) is 0 Å². The summed E-state index contributed by atoms with van der Waals surface area (Å²) in [6.07, 6.45) is 0. The molecule has 0 aliphatic rings. The number of rotatable bonds is 6. The molecule has 7 heteroatoms. The second kappa shape index (κ2) is 8.39. The lowest BCUT2D eigenvalue weighted by molar-refractivity contribution is -0.108. The van der Waals surface area contributed by atoms with E-state index >= 15 is 0 Å². The molecule has 0 amide bonds. The van der Waals surface area contributed by atoms with Crippen LogP contribution in [0.3, 0.4) is 0 Å². The molecule has 116 valence electrons. The highest BCUT2D eigenvalue weighted by molar-refractivity contribution is 6.79. The van der Waals surface area contributed by atoms with E-state index in [4.69, 9.17) is 15.1 Å². The van der Waals surface area contributed by atoms with Gasteiger partial charge in [-0.1, -0.05) is 38.9 Å². The monoisotopic (exact) mass is 294 g/mol. The molecule has 0 saturated carbocycles. The molecule has 0 aromatic rings. The molecule has 0 aliphatic carbocycles. The van der Waals surface area contributed by atoms with Crippen molar-refractivity contribution < 1.29 is 25.3 Å². The molecule has 0 saturated heterocycles. The minimum Gasteiger partial charge on any atom is -0.402 e. The van der Waals surface area contributed by atoms with Crippen LogP contribution in [0.5, 0.6) is 0 Å². The Morgan fingerprint density at radius 2 is 1.11 bits per heavy atom. The zero-order chi connectivity index (χ0) is 15.9. The highest BCUT2D eigenvalue weighted by Crippen LogP contribution is 2.36. The molecule has 5 nitrogen and oxygen atoms in total. The van der Waals surface area contributed by atoms with Gasteiger partial charge in [-0.3, -0.25) is 0 Å². The van der Waals surface area contributed by atoms with E-state index in [0.29, 0.717) is 0 Å². The van der Waals surface area contributed by atoms with Crippen LogP contribution in [0.2, 0.25) is 24.2 Å². The molecule has 0 spiro atoms. The topological polar surface area (TPSA) is 101 Å². The summed E-state index contributed by atoms with van der Waals surface area (Å²) in [5, 5.41) is 41.8. The second-order valence-electron chi connectivity index (χ2n) is 5.92. The van der Waals surface area contributed by atoms with E-state index in [1.165, 1.54) is 18.1 Å². The maximum atomic E-state index is 10.4. The normalized spacial score (nSPS) is 15.3. The molecule has 0 bridgehead atoms. The summed E-state index contributed by atoms with van der Waals surface area (Å²) in [7, 11) is -3.54. The third kappa shape index (κ3) is 8.06. The average Bonchev–Trinajstić information content (AvgIpc) is 2.24. The van der Waals surface area contributed by atoms with Crippen molar-refractivity contribution in [1.82, 2.24) is 0 Å². The highest BCUT2D eigenvalue weighted by Gasteiger charge is 2.43. The summed E-state index contributed by atoms with van der Waals surface area (Å²) < 4.78 is 0. The van der Waals surface area contributed by atoms with Crippen molar-refractivity contribution in [2.24, 2.45) is 0 Å². The second-order valence-corrected chi connectivity index (χ2v) is 11.4. The van der Waals surface area contributed by atoms with Gasteiger partial charge in [-0.05, 0) is 26.8 Å². The summed E-state index contributed by atoms with van der Waals surface area (Å²) in [5.74, 6) is 0. The van der Waals surface area contributed by atoms with Crippen molar-refractivity contribution in [2.75, 3.05) is 0 Å². The average molecular weight is 294 g/mol. The van der Waals surface area contributed by atoms with E-state index in [1.807, 2.05) is 0 Å². The van der Waals surface area contributed by atoms with Gasteiger partial charge in [0.2, 0.25) is 0 Å². The number of hydrogen-bond acceptors (Lipinski definition) is 5. The fourth-order valence-electron chi connectivity index (χ4n) is 2.07. The number of hydrogen-bond donors (Lipinski definition) is 5. The van der Waals surface area contributed by atoms with Crippen LogP contribution in [0.15, 0.2) is 0 Å². The summed E-state index contributed by atoms with van der Waals surface area (Å²) in [4.78, 5) is 0. The first-order valence-corrected chi connectivity index (χ1v) is 9.69. The Balaban J connectivity index is 0. The predicted molar refractivity (Wildman–Crippen MR) is 81.3 cm³/mol. The molecule has 0 aliphatic heterocycles. The SMILES string of the molecule is CC[Si](CC)(CC)CC(C)(O)C(C)(C)O.OB(O)O. The molecule has 0 aromatic carbocycles. The van der Waals surface area contributed by atoms with E-state index in [1.54, 1.807) is 20.8 Å². The van der Waals surface area contributed by atoms with Crippen LogP contribution in [0.4, 0.5) is 0 Å². The van der Waals surface area contributed by atoms with Crippen LogP contribution in [-0.2, 0) is 0 Å². The minimum absolute atomic E-state index is 0.799. The standard InChI is InChI=1S/C12H28O2Si.BH3O3/c1-7-15(8-2,9-3)10-12(6,14)11(4,5)13;2-1(3)4/h13-14H,7-10H2,1-6H3;2-4H. The first-order chi connectivity index (χ1) is 8.37. The van der Waals surface area contributed by atoms with Gasteiger partial charge in [0.15, 0.2) is 0 Å². The van der Waals surface area contributed by atoms with E-state index in [-0.39, 0.29) is 0 Å². The van der Waals surface area contributed by atoms with E-state index < -0.39 is 26.6 Å². The molecule has 0 aromatic heterocycles. The van der Waals surface area contributed by atoms with Crippen molar-refractivity contribution in [3.8, 4) is 0 Å². The van der Waals surface area contributed by atoms with Crippen LogP contribution >= 0.6 is 0 Å². The first kappa shape index (κ1) is 21.4. The Bertz CT molecular complexity index is 226. The molecule has 0 fully saturated rings. The van der Waals surface area contributed by atoms with Crippen LogP contribution in [0.25, 0.3) is 0 Å². The summed E-state index contributed by atoms with van der Waals surface area (Å²) in [6, 6.07) is 4.36. The Morgan fingerprint density at radius 3 is 1.26 bits per heavy atom. The molecule has 0 rings (SSSR count). The van der Waals surface area contributed by atoms with Crippen LogP contribution in [0, 0.1) is 0 Å². The van der Waals surface area contributed by atoms with E-state index in [2.05, 4.69) is 20.8 Å². The van der Waals surface area contributed by atoms with Gasteiger partial charge in [0.25, 0.3) is 0 Å². The summed E-state index contributed by atoms with van der Waals surface area (Å²) in [6.45, 7) is 11.8. The van der Waals surface area contributed by atoms with Gasteiger partial charge < -0.3 is 25.3 Å². The van der Waals surface area contributed by atoms with Crippen LogP contribution in [-0.4, -0.2) is 51.9 Å². The lowest BCUT2D eigenvalue weighted by Crippen LogP contribution is -2.53. The zero-order valence-electron chi connectivity index (χ0n) is 13.1. The fourth-order valence-corrected chi connectivity index (χ4v) is 6.21. The summed E-state index contributed by atoms with van der Waals surface area (Å²) in [5.41, 5.74) is -1.97. The largest absolute Gasteiger partial charge is 0.631 e. The minimum atomic E-state index is -2.17. The van der Waals surface area contributed by atoms with Gasteiger partial charge >= 0.3 is 7.32 Å². The summed E-state index contributed by atoms with van der Waals surface area (Å²) >= 11 is 0. The van der Waals surface area contributed by atoms with Gasteiger partial charge in [0.05, 0.1) is 19.3 Å². The molecular formula is C12H31BO5Si. The molecule has 19 heavy (non-hydrogen) atoms. The molecule has 0 radical (unpaired) electrons. The van der Waals surface area contributed by atoms with Crippen molar-refractivity contribution >= 4 is 15.4 Å². The van der Waals surface area contributed by atoms with Gasteiger partial charge in [-0.25, -0.2) is 0 Å². The van der Waals surface area contributed by atoms with Crippen molar-refractivity contribution in [3.05, 3.63) is 0 Å². The fraction of sp³-hybridized carbons (Fsp3) is 1.00. The van der Waals surface area contributed by atoms with Gasteiger partial charge in [-0.2, -0.15) is 0 Å². The van der Waals surface area contributed by atoms with Crippen molar-refractivity contribution in [2.45, 2.75) is 76.9 Å². The molecule has 0 heterocycles. The third-order valence-corrected chi connectivity index (χ3v) is 10.2. The van der Waals surface area contributed by atoms with Crippen LogP contribution in [0.1, 0.15) is 41.5 Å². The smallest absolute Gasteiger partial charge is 0.402 e. The maximum absolute atomic E-state index is 10.4. The molecule has 1 atom stereocenters. The van der Waals surface area contributed by atoms with E-state index in [0.717, 1.165) is 6.04 Å². The quantitative estimate of drug-likeness (QED) is 0.470. The Labute approximate surface area is 118 Å². The maximum Gasteiger partial charge on any atom is 0.631 e. The third-order valence-electron chi connectivity index (χ3n) is 4.29. The lowest BCUT2D eigenvalue weighted by Gasteiger charge is -2.42. The Hall–Kier alpha value is 0.0818. The lowest BCUT2D eigenvalue weighted by atomic mass is 9.90.